The van der Waals surface area contributed by atoms with Crippen molar-refractivity contribution < 1.29 is 0 Å². The van der Waals surface area contributed by atoms with E-state index in [1.807, 2.05) is 6.20 Å². The van der Waals surface area contributed by atoms with Gasteiger partial charge in [-0.25, -0.2) is 0 Å². The lowest BCUT2D eigenvalue weighted by molar-refractivity contribution is 0.650. The molecule has 1 heterocycles. The third kappa shape index (κ3) is 0.324. The maximum atomic E-state index is 3.20. The van der Waals surface area contributed by atoms with Crippen molar-refractivity contribution in [3.8, 4) is 0 Å². The van der Waals surface area contributed by atoms with Crippen LogP contribution < -0.4 is 0 Å². The average Bonchev–Trinajstić information content (AvgIpc) is 2.09. The highest BCUT2D eigenvalue weighted by Crippen LogP contribution is 2.32. The number of hydrogen-bond donors (Lipinski definition) is 1. The SMILES string of the molecule is CC1Cc2cc[nH]c21. The molecule has 0 radical (unpaired) electrons. The van der Waals surface area contributed by atoms with Crippen molar-refractivity contribution in [1.29, 1.82) is 0 Å². The van der Waals surface area contributed by atoms with Crippen molar-refractivity contribution in [2.24, 2.45) is 0 Å². The Bertz CT molecular complexity index is 200. The third-order valence-corrected chi connectivity index (χ3v) is 1.89. The summed E-state index contributed by atoms with van der Waals surface area (Å²) in [6.45, 7) is 2.25. The molecule has 1 aromatic rings. The fourth-order valence-corrected chi connectivity index (χ4v) is 1.35. The second kappa shape index (κ2) is 1.16. The number of H-pyrrole nitrogens is 1. The molecule has 1 aromatic heterocycles. The Hall–Kier alpha value is -0.720. The zero-order valence-corrected chi connectivity index (χ0v) is 4.94. The van der Waals surface area contributed by atoms with Crippen LogP contribution >= 0.6 is 0 Å². The van der Waals surface area contributed by atoms with Crippen LogP contribution in [0.2, 0.25) is 0 Å². The summed E-state index contributed by atoms with van der Waals surface area (Å²) in [5.74, 6) is 0.792. The Balaban J connectivity index is 2.53. The molecule has 1 N–H and O–H groups in total. The molecule has 0 fully saturated rings. The van der Waals surface area contributed by atoms with Gasteiger partial charge in [-0.05, 0) is 18.1 Å². The summed E-state index contributed by atoms with van der Waals surface area (Å²) in [6, 6.07) is 2.16. The van der Waals surface area contributed by atoms with Gasteiger partial charge >= 0.3 is 0 Å². The lowest BCUT2D eigenvalue weighted by atomic mass is 9.85. The molecule has 0 saturated carbocycles. The molecule has 0 saturated heterocycles. The molecule has 0 amide bonds. The van der Waals surface area contributed by atoms with Gasteiger partial charge in [-0.1, -0.05) is 6.92 Å². The zero-order valence-electron chi connectivity index (χ0n) is 4.94. The van der Waals surface area contributed by atoms with Gasteiger partial charge in [0.25, 0.3) is 0 Å². The van der Waals surface area contributed by atoms with Crippen LogP contribution in [0, 0.1) is 0 Å². The predicted octanol–water partition coefficient (Wildman–Crippen LogP) is 1.67. The Morgan fingerprint density at radius 3 is 3.12 bits per heavy atom. The van der Waals surface area contributed by atoms with Gasteiger partial charge in [0.15, 0.2) is 0 Å². The van der Waals surface area contributed by atoms with E-state index in [2.05, 4.69) is 18.0 Å². The zero-order chi connectivity index (χ0) is 5.56. The fourth-order valence-electron chi connectivity index (χ4n) is 1.35. The van der Waals surface area contributed by atoms with E-state index in [1.165, 1.54) is 17.7 Å². The van der Waals surface area contributed by atoms with Crippen molar-refractivity contribution in [3.05, 3.63) is 23.5 Å². The molecule has 2 rings (SSSR count). The summed E-state index contributed by atoms with van der Waals surface area (Å²) in [4.78, 5) is 3.20. The van der Waals surface area contributed by atoms with E-state index in [9.17, 15) is 0 Å². The topological polar surface area (TPSA) is 15.8 Å². The van der Waals surface area contributed by atoms with Crippen molar-refractivity contribution in [2.45, 2.75) is 19.3 Å². The first-order valence-corrected chi connectivity index (χ1v) is 3.04. The molecule has 0 aliphatic heterocycles. The highest BCUT2D eigenvalue weighted by Gasteiger charge is 2.21. The van der Waals surface area contributed by atoms with E-state index in [-0.39, 0.29) is 0 Å². The van der Waals surface area contributed by atoms with Gasteiger partial charge in [-0.15, -0.1) is 0 Å². The van der Waals surface area contributed by atoms with E-state index in [0.29, 0.717) is 0 Å². The Morgan fingerprint density at radius 2 is 2.62 bits per heavy atom. The Labute approximate surface area is 48.7 Å². The molecule has 8 heavy (non-hydrogen) atoms. The van der Waals surface area contributed by atoms with Crippen molar-refractivity contribution in [3.63, 3.8) is 0 Å². The lowest BCUT2D eigenvalue weighted by Crippen LogP contribution is -2.11. The number of fused-ring (bicyclic) bond motifs is 1. The molecule has 0 aromatic carbocycles. The largest absolute Gasteiger partial charge is 0.365 e. The van der Waals surface area contributed by atoms with E-state index >= 15 is 0 Å². The van der Waals surface area contributed by atoms with Crippen LogP contribution in [0.5, 0.6) is 0 Å². The molecule has 1 aliphatic carbocycles. The van der Waals surface area contributed by atoms with E-state index in [0.717, 1.165) is 5.92 Å². The van der Waals surface area contributed by atoms with Gasteiger partial charge in [0.1, 0.15) is 0 Å². The van der Waals surface area contributed by atoms with Crippen LogP contribution in [0.4, 0.5) is 0 Å². The minimum Gasteiger partial charge on any atom is -0.365 e. The second-order valence-electron chi connectivity index (χ2n) is 2.52. The molecule has 1 nitrogen and oxygen atoms in total. The standard InChI is InChI=1S/C7H9N/c1-5-4-6-2-3-8-7(5)6/h2-3,5,8H,4H2,1H3. The Morgan fingerprint density at radius 1 is 1.75 bits per heavy atom. The maximum absolute atomic E-state index is 3.20. The number of rotatable bonds is 0. The third-order valence-electron chi connectivity index (χ3n) is 1.89. The van der Waals surface area contributed by atoms with E-state index < -0.39 is 0 Å². The van der Waals surface area contributed by atoms with Crippen LogP contribution in [-0.2, 0) is 6.42 Å². The van der Waals surface area contributed by atoms with Crippen LogP contribution in [0.3, 0.4) is 0 Å². The maximum Gasteiger partial charge on any atom is 0.0211 e. The molecule has 1 heteroatoms. The van der Waals surface area contributed by atoms with Crippen LogP contribution in [-0.4, -0.2) is 4.98 Å². The summed E-state index contributed by atoms with van der Waals surface area (Å²) in [5, 5.41) is 0. The average molecular weight is 107 g/mol. The first-order valence-electron chi connectivity index (χ1n) is 3.04. The smallest absolute Gasteiger partial charge is 0.0211 e. The summed E-state index contributed by atoms with van der Waals surface area (Å²) in [6.07, 6.45) is 3.30. The van der Waals surface area contributed by atoms with Crippen LogP contribution in [0.15, 0.2) is 12.3 Å². The number of nitrogens with one attached hydrogen (secondary N) is 1. The quantitative estimate of drug-likeness (QED) is 0.519. The molecular formula is C7H9N. The summed E-state index contributed by atoms with van der Waals surface area (Å²) < 4.78 is 0. The first-order chi connectivity index (χ1) is 3.88. The van der Waals surface area contributed by atoms with Gasteiger partial charge in [-0.2, -0.15) is 0 Å². The molecule has 42 valence electrons. The first kappa shape index (κ1) is 4.19. The second-order valence-corrected chi connectivity index (χ2v) is 2.52. The lowest BCUT2D eigenvalue weighted by Gasteiger charge is -2.21. The van der Waals surface area contributed by atoms with Gasteiger partial charge in [0.2, 0.25) is 0 Å². The minimum absolute atomic E-state index is 0.792. The van der Waals surface area contributed by atoms with Gasteiger partial charge in [0.05, 0.1) is 0 Å². The molecule has 1 unspecified atom stereocenters. The minimum atomic E-state index is 0.792. The Kier molecular flexibility index (Phi) is 0.608. The van der Waals surface area contributed by atoms with Gasteiger partial charge in [-0.3, -0.25) is 0 Å². The monoisotopic (exact) mass is 107 g/mol. The molecule has 1 atom stereocenters. The van der Waals surface area contributed by atoms with Gasteiger partial charge < -0.3 is 4.98 Å². The van der Waals surface area contributed by atoms with Crippen molar-refractivity contribution in [2.75, 3.05) is 0 Å². The van der Waals surface area contributed by atoms with Crippen LogP contribution in [0.25, 0.3) is 0 Å². The van der Waals surface area contributed by atoms with Crippen molar-refractivity contribution in [1.82, 2.24) is 4.98 Å². The van der Waals surface area contributed by atoms with E-state index in [1.54, 1.807) is 0 Å². The highest BCUT2D eigenvalue weighted by molar-refractivity contribution is 5.33. The number of aromatic nitrogens is 1. The molecule has 1 aliphatic rings. The number of aromatic amines is 1. The van der Waals surface area contributed by atoms with Crippen LogP contribution in [0.1, 0.15) is 24.1 Å². The predicted molar refractivity (Wildman–Crippen MR) is 32.9 cm³/mol. The highest BCUT2D eigenvalue weighted by atomic mass is 14.7. The van der Waals surface area contributed by atoms with Crippen molar-refractivity contribution >= 4 is 0 Å². The summed E-state index contributed by atoms with van der Waals surface area (Å²) in [7, 11) is 0. The number of hydrogen-bond acceptors (Lipinski definition) is 0. The fraction of sp³-hybridized carbons (Fsp3) is 0.429. The van der Waals surface area contributed by atoms with Gasteiger partial charge in [0, 0.05) is 17.8 Å². The van der Waals surface area contributed by atoms with E-state index in [4.69, 9.17) is 0 Å². The summed E-state index contributed by atoms with van der Waals surface area (Å²) >= 11 is 0. The normalized spacial score (nSPS) is 24.4. The molecule has 0 bridgehead atoms. The molecule has 0 spiro atoms. The molecular weight excluding hydrogens is 98.1 g/mol. The summed E-state index contributed by atoms with van der Waals surface area (Å²) in [5.41, 5.74) is 2.96.